The van der Waals surface area contributed by atoms with Crippen molar-refractivity contribution in [1.29, 1.82) is 0 Å². The van der Waals surface area contributed by atoms with E-state index in [2.05, 4.69) is 95.7 Å². The molecule has 0 atom stereocenters. The first kappa shape index (κ1) is 28.4. The van der Waals surface area contributed by atoms with E-state index in [-0.39, 0.29) is 0 Å². The number of fused-ring (bicyclic) bond motifs is 3. The van der Waals surface area contributed by atoms with Crippen molar-refractivity contribution in [3.05, 3.63) is 163 Å². The van der Waals surface area contributed by atoms with Crippen molar-refractivity contribution in [3.63, 3.8) is 0 Å². The number of nitrogens with zero attached hydrogens (tertiary/aromatic N) is 5. The molecule has 228 valence electrons. The third kappa shape index (κ3) is 5.31. The van der Waals surface area contributed by atoms with Crippen LogP contribution in [0.1, 0.15) is 5.69 Å². The molecule has 0 aliphatic carbocycles. The molecule has 0 bridgehead atoms. The average Bonchev–Trinajstić information content (AvgIpc) is 3.73. The van der Waals surface area contributed by atoms with Gasteiger partial charge in [0.2, 0.25) is 0 Å². The predicted octanol–water partition coefficient (Wildman–Crippen LogP) is 9.51. The molecule has 5 nitrogen and oxygen atoms in total. The SMILES string of the molecule is C1=[N+]=CC(c2nc3cc(-c4ccc(-c5nc(-c6ccccc6)nc(-c6ccccc6)n5)cc4)ccc3c3c(-c4ccccc4)cccc23)=C1. The molecule has 3 heterocycles. The van der Waals surface area contributed by atoms with Crippen molar-refractivity contribution in [3.8, 4) is 56.4 Å². The van der Waals surface area contributed by atoms with Gasteiger partial charge in [-0.25, -0.2) is 19.9 Å². The van der Waals surface area contributed by atoms with E-state index in [0.717, 1.165) is 55.4 Å². The second-order valence-electron chi connectivity index (χ2n) is 12.0. The largest absolute Gasteiger partial charge is 0.302 e. The van der Waals surface area contributed by atoms with E-state index in [1.165, 1.54) is 16.5 Å². The van der Waals surface area contributed by atoms with Gasteiger partial charge in [-0.05, 0) is 28.3 Å². The van der Waals surface area contributed by atoms with Crippen molar-refractivity contribution in [1.82, 2.24) is 24.6 Å². The molecule has 1 aliphatic rings. The van der Waals surface area contributed by atoms with E-state index in [1.54, 1.807) is 0 Å². The van der Waals surface area contributed by atoms with Crippen LogP contribution in [0.15, 0.2) is 158 Å². The standard InChI is InChI=1S/C44H28N5/c1-4-11-30(12-5-1)36-17-10-18-38-40(36)37-24-23-34(27-39(37)46-41(38)35-25-26-45-28-35)29-19-21-33(22-20-29)44-48-42(31-13-6-2-7-14-31)47-43(49-44)32-15-8-3-9-16-32/h1-28H/q+1. The van der Waals surface area contributed by atoms with Gasteiger partial charge >= 0.3 is 6.21 Å². The first-order valence-electron chi connectivity index (χ1n) is 16.3. The summed E-state index contributed by atoms with van der Waals surface area (Å²) in [6.45, 7) is 0. The Kier molecular flexibility index (Phi) is 7.01. The van der Waals surface area contributed by atoms with Gasteiger partial charge in [0, 0.05) is 38.9 Å². The van der Waals surface area contributed by atoms with E-state index < -0.39 is 0 Å². The van der Waals surface area contributed by atoms with Gasteiger partial charge in [-0.15, -0.1) is 4.67 Å². The number of pyridine rings is 1. The molecule has 6 aromatic carbocycles. The summed E-state index contributed by atoms with van der Waals surface area (Å²) < 4.78 is 4.36. The molecule has 49 heavy (non-hydrogen) atoms. The van der Waals surface area contributed by atoms with Crippen LogP contribution in [0, 0.1) is 0 Å². The van der Waals surface area contributed by atoms with Crippen molar-refractivity contribution >= 4 is 39.7 Å². The molecule has 0 saturated heterocycles. The molecule has 1 aliphatic heterocycles. The monoisotopic (exact) mass is 626 g/mol. The van der Waals surface area contributed by atoms with Crippen molar-refractivity contribution < 1.29 is 0 Å². The first-order valence-corrected chi connectivity index (χ1v) is 16.3. The van der Waals surface area contributed by atoms with Gasteiger partial charge in [-0.3, -0.25) is 0 Å². The third-order valence-electron chi connectivity index (χ3n) is 8.91. The molecule has 0 fully saturated rings. The van der Waals surface area contributed by atoms with E-state index in [0.29, 0.717) is 17.5 Å². The maximum absolute atomic E-state index is 5.24. The summed E-state index contributed by atoms with van der Waals surface area (Å²) in [5.41, 5.74) is 10.2. The minimum absolute atomic E-state index is 0.632. The van der Waals surface area contributed by atoms with Crippen LogP contribution < -0.4 is 4.67 Å². The minimum atomic E-state index is 0.632. The van der Waals surface area contributed by atoms with Gasteiger partial charge in [-0.1, -0.05) is 146 Å². The van der Waals surface area contributed by atoms with Crippen LogP contribution in [0.4, 0.5) is 0 Å². The molecule has 8 aromatic rings. The Labute approximate surface area is 283 Å². The second-order valence-corrected chi connectivity index (χ2v) is 12.0. The molecular weight excluding hydrogens is 599 g/mol. The summed E-state index contributed by atoms with van der Waals surface area (Å²) in [4.78, 5) is 19.9. The van der Waals surface area contributed by atoms with Crippen LogP contribution in [-0.4, -0.2) is 32.4 Å². The molecule has 0 unspecified atom stereocenters. The maximum atomic E-state index is 5.24. The predicted molar refractivity (Wildman–Crippen MR) is 202 cm³/mol. The van der Waals surface area contributed by atoms with Gasteiger partial charge < -0.3 is 0 Å². The van der Waals surface area contributed by atoms with Crippen LogP contribution in [-0.2, 0) is 0 Å². The number of aromatic nitrogens is 4. The molecule has 0 radical (unpaired) electrons. The van der Waals surface area contributed by atoms with Crippen LogP contribution in [0.2, 0.25) is 0 Å². The quantitative estimate of drug-likeness (QED) is 0.136. The van der Waals surface area contributed by atoms with Crippen LogP contribution in [0.3, 0.4) is 0 Å². The molecule has 0 spiro atoms. The van der Waals surface area contributed by atoms with Crippen molar-refractivity contribution in [2.24, 2.45) is 0 Å². The molecule has 9 rings (SSSR count). The lowest BCUT2D eigenvalue weighted by molar-refractivity contribution is 1.07. The van der Waals surface area contributed by atoms with Crippen molar-refractivity contribution in [2.75, 3.05) is 0 Å². The number of benzene rings is 6. The second kappa shape index (κ2) is 12.1. The van der Waals surface area contributed by atoms with E-state index >= 15 is 0 Å². The lowest BCUT2D eigenvalue weighted by Gasteiger charge is -2.14. The molecule has 2 aromatic heterocycles. The number of hydrogen-bond acceptors (Lipinski definition) is 4. The Hall–Kier alpha value is -6.81. The lowest BCUT2D eigenvalue weighted by Crippen LogP contribution is -2.00. The fourth-order valence-corrected chi connectivity index (χ4v) is 6.49. The zero-order valence-electron chi connectivity index (χ0n) is 26.4. The Morgan fingerprint density at radius 2 is 0.959 bits per heavy atom. The summed E-state index contributed by atoms with van der Waals surface area (Å²) in [5, 5.41) is 3.42. The van der Waals surface area contributed by atoms with E-state index in [1.807, 2.05) is 79.2 Å². The molecule has 0 amide bonds. The summed E-state index contributed by atoms with van der Waals surface area (Å²) >= 11 is 0. The molecule has 5 heteroatoms. The Balaban J connectivity index is 1.15. The van der Waals surface area contributed by atoms with Gasteiger partial charge in [0.15, 0.2) is 17.5 Å². The summed E-state index contributed by atoms with van der Waals surface area (Å²) in [6, 6.07) is 52.1. The lowest BCUT2D eigenvalue weighted by atomic mass is 9.92. The summed E-state index contributed by atoms with van der Waals surface area (Å²) in [7, 11) is 0. The molecule has 0 saturated carbocycles. The highest BCUT2D eigenvalue weighted by atomic mass is 15.0. The van der Waals surface area contributed by atoms with Gasteiger partial charge in [0.25, 0.3) is 6.21 Å². The summed E-state index contributed by atoms with van der Waals surface area (Å²) in [5.74, 6) is 1.92. The minimum Gasteiger partial charge on any atom is -0.247 e. The van der Waals surface area contributed by atoms with Crippen LogP contribution in [0.5, 0.6) is 0 Å². The smallest absolute Gasteiger partial charge is 0.247 e. The van der Waals surface area contributed by atoms with Crippen molar-refractivity contribution in [2.45, 2.75) is 0 Å². The molecular formula is C44H28N5+. The van der Waals surface area contributed by atoms with Gasteiger partial charge in [0.05, 0.1) is 16.8 Å². The first-order chi connectivity index (χ1) is 24.3. The van der Waals surface area contributed by atoms with Gasteiger partial charge in [-0.2, -0.15) is 0 Å². The zero-order valence-corrected chi connectivity index (χ0v) is 26.4. The van der Waals surface area contributed by atoms with Gasteiger partial charge in [0.1, 0.15) is 0 Å². The van der Waals surface area contributed by atoms with Crippen LogP contribution >= 0.6 is 0 Å². The fourth-order valence-electron chi connectivity index (χ4n) is 6.49. The number of rotatable bonds is 6. The highest BCUT2D eigenvalue weighted by Crippen LogP contribution is 2.38. The highest BCUT2D eigenvalue weighted by Gasteiger charge is 2.19. The normalized spacial score (nSPS) is 12.1. The summed E-state index contributed by atoms with van der Waals surface area (Å²) in [6.07, 6.45) is 5.74. The average molecular weight is 627 g/mol. The Morgan fingerprint density at radius 1 is 0.408 bits per heavy atom. The molecule has 0 N–H and O–H groups in total. The zero-order chi connectivity index (χ0) is 32.6. The maximum Gasteiger partial charge on any atom is 0.302 e. The third-order valence-corrected chi connectivity index (χ3v) is 8.91. The van der Waals surface area contributed by atoms with Crippen LogP contribution in [0.25, 0.3) is 83.7 Å². The topological polar surface area (TPSA) is 65.7 Å². The number of allylic oxidation sites excluding steroid dienone is 2. The Morgan fingerprint density at radius 3 is 1.55 bits per heavy atom. The highest BCUT2D eigenvalue weighted by molar-refractivity contribution is 6.24. The van der Waals surface area contributed by atoms with E-state index in [4.69, 9.17) is 19.9 Å². The van der Waals surface area contributed by atoms with E-state index in [9.17, 15) is 0 Å². The Bertz CT molecular complexity index is 2550. The fraction of sp³-hybridized carbons (Fsp3) is 0. The number of hydrogen-bond donors (Lipinski definition) is 0.